The van der Waals surface area contributed by atoms with Crippen LogP contribution in [0.2, 0.25) is 0 Å². The number of hydrogen-bond acceptors (Lipinski definition) is 5. The van der Waals surface area contributed by atoms with Crippen LogP contribution in [0.3, 0.4) is 0 Å². The third kappa shape index (κ3) is 3.51. The SMILES string of the molecule is CN=C1SC2(C(=O)N1Cc1ccccc1)C1Sc3ccccc3N(C)C12.c1ccccc1. The maximum atomic E-state index is 13.5. The second kappa shape index (κ2) is 8.68. The monoisotopic (exact) mass is 459 g/mol. The predicted molar refractivity (Wildman–Crippen MR) is 135 cm³/mol. The molecule has 2 aliphatic heterocycles. The number of aliphatic imine (C=N–C) groups is 1. The molecule has 4 nitrogen and oxygen atoms in total. The van der Waals surface area contributed by atoms with Gasteiger partial charge in [-0.05, 0) is 17.7 Å². The van der Waals surface area contributed by atoms with Crippen molar-refractivity contribution in [2.24, 2.45) is 4.99 Å². The Hall–Kier alpha value is -2.70. The third-order valence-corrected chi connectivity index (χ3v) is 9.29. The van der Waals surface area contributed by atoms with Crippen LogP contribution in [0.1, 0.15) is 5.56 Å². The number of amidine groups is 1. The van der Waals surface area contributed by atoms with Crippen LogP contribution in [0.4, 0.5) is 5.69 Å². The lowest BCUT2D eigenvalue weighted by Crippen LogP contribution is -2.36. The number of para-hydroxylation sites is 1. The van der Waals surface area contributed by atoms with Gasteiger partial charge in [-0.1, -0.05) is 90.6 Å². The van der Waals surface area contributed by atoms with Crippen LogP contribution in [-0.2, 0) is 11.3 Å². The van der Waals surface area contributed by atoms with E-state index in [-0.39, 0.29) is 17.2 Å². The zero-order valence-corrected chi connectivity index (χ0v) is 19.7. The largest absolute Gasteiger partial charge is 0.367 e. The molecule has 3 aliphatic rings. The highest BCUT2D eigenvalue weighted by atomic mass is 32.2. The van der Waals surface area contributed by atoms with Gasteiger partial charge in [0, 0.05) is 19.0 Å². The van der Waals surface area contributed by atoms with Crippen LogP contribution >= 0.6 is 23.5 Å². The smallest absolute Gasteiger partial charge is 0.248 e. The molecule has 0 bridgehead atoms. The summed E-state index contributed by atoms with van der Waals surface area (Å²) in [5.41, 5.74) is 2.35. The van der Waals surface area contributed by atoms with Crippen LogP contribution in [-0.4, -0.2) is 46.1 Å². The molecule has 1 saturated heterocycles. The van der Waals surface area contributed by atoms with Gasteiger partial charge in [0.15, 0.2) is 5.17 Å². The molecular weight excluding hydrogens is 434 g/mol. The Morgan fingerprint density at radius 1 is 0.906 bits per heavy atom. The molecule has 1 spiro atoms. The highest BCUT2D eigenvalue weighted by molar-refractivity contribution is 8.17. The Morgan fingerprint density at radius 3 is 2.16 bits per heavy atom. The summed E-state index contributed by atoms with van der Waals surface area (Å²) in [7, 11) is 3.89. The summed E-state index contributed by atoms with van der Waals surface area (Å²) in [6.45, 7) is 0.585. The Balaban J connectivity index is 0.000000314. The molecule has 1 amide bonds. The van der Waals surface area contributed by atoms with E-state index in [2.05, 4.69) is 53.3 Å². The van der Waals surface area contributed by atoms with Gasteiger partial charge in [-0.3, -0.25) is 14.7 Å². The Morgan fingerprint density at radius 2 is 1.50 bits per heavy atom. The van der Waals surface area contributed by atoms with Crippen LogP contribution < -0.4 is 4.90 Å². The molecule has 2 heterocycles. The van der Waals surface area contributed by atoms with Crippen molar-refractivity contribution in [2.75, 3.05) is 19.0 Å². The second-order valence-corrected chi connectivity index (χ2v) is 10.4. The first-order chi connectivity index (χ1) is 15.7. The standard InChI is InChI=1S/C20H19N3OS2.C6H6/c1-21-19-23(12-13-8-4-3-5-9-13)18(24)20(26-19)16-17(20)25-15-11-7-6-10-14(15)22(16)2;1-2-4-6-5-3-1/h3-11,16-17H,12H2,1-2H3;1-6H. The van der Waals surface area contributed by atoms with Crippen LogP contribution in [0.15, 0.2) is 101 Å². The summed E-state index contributed by atoms with van der Waals surface area (Å²) in [5.74, 6) is 0.203. The first-order valence-corrected chi connectivity index (χ1v) is 12.4. The first-order valence-electron chi connectivity index (χ1n) is 10.7. The minimum atomic E-state index is -0.415. The van der Waals surface area contributed by atoms with Gasteiger partial charge < -0.3 is 4.90 Å². The Bertz CT molecular complexity index is 1110. The number of carbonyl (C=O) groups excluding carboxylic acids is 1. The van der Waals surface area contributed by atoms with Crippen molar-refractivity contribution < 1.29 is 4.79 Å². The van der Waals surface area contributed by atoms with E-state index in [9.17, 15) is 4.79 Å². The van der Waals surface area contributed by atoms with Crippen molar-refractivity contribution in [2.45, 2.75) is 27.5 Å². The predicted octanol–water partition coefficient (Wildman–Crippen LogP) is 5.17. The number of carbonyl (C=O) groups is 1. The number of rotatable bonds is 2. The first kappa shape index (κ1) is 21.2. The van der Waals surface area contributed by atoms with Crippen molar-refractivity contribution in [3.63, 3.8) is 0 Å². The molecule has 6 rings (SSSR count). The molecule has 0 aromatic heterocycles. The van der Waals surface area contributed by atoms with Crippen molar-refractivity contribution in [1.82, 2.24) is 4.90 Å². The van der Waals surface area contributed by atoms with Gasteiger partial charge in [0.1, 0.15) is 4.75 Å². The molecule has 3 atom stereocenters. The lowest BCUT2D eigenvalue weighted by molar-refractivity contribution is -0.127. The normalized spacial score (nSPS) is 26.4. The van der Waals surface area contributed by atoms with Gasteiger partial charge in [-0.25, -0.2) is 0 Å². The van der Waals surface area contributed by atoms with Crippen molar-refractivity contribution in [1.29, 1.82) is 0 Å². The zero-order chi connectivity index (χ0) is 22.1. The summed E-state index contributed by atoms with van der Waals surface area (Å²) in [6, 6.07) is 30.8. The Kier molecular flexibility index (Phi) is 5.74. The van der Waals surface area contributed by atoms with Gasteiger partial charge in [0.05, 0.1) is 23.5 Å². The summed E-state index contributed by atoms with van der Waals surface area (Å²) >= 11 is 3.50. The fourth-order valence-electron chi connectivity index (χ4n) is 4.47. The van der Waals surface area contributed by atoms with Gasteiger partial charge >= 0.3 is 0 Å². The van der Waals surface area contributed by atoms with Crippen molar-refractivity contribution in [3.05, 3.63) is 96.6 Å². The molecule has 1 aliphatic carbocycles. The lowest BCUT2D eigenvalue weighted by Gasteiger charge is -2.26. The number of amides is 1. The number of thioether (sulfide) groups is 2. The molecule has 32 heavy (non-hydrogen) atoms. The molecule has 162 valence electrons. The second-order valence-electron chi connectivity index (χ2n) is 7.99. The summed E-state index contributed by atoms with van der Waals surface area (Å²) in [5, 5.41) is 1.11. The van der Waals surface area contributed by atoms with Crippen molar-refractivity contribution >= 4 is 40.3 Å². The van der Waals surface area contributed by atoms with E-state index < -0.39 is 4.75 Å². The third-order valence-electron chi connectivity index (χ3n) is 6.07. The maximum absolute atomic E-state index is 13.5. The lowest BCUT2D eigenvalue weighted by atomic mass is 10.2. The van der Waals surface area contributed by atoms with Gasteiger partial charge in [-0.2, -0.15) is 0 Å². The topological polar surface area (TPSA) is 35.9 Å². The summed E-state index contributed by atoms with van der Waals surface area (Å²) < 4.78 is -0.415. The molecule has 3 unspecified atom stereocenters. The fraction of sp³-hybridized carbons (Fsp3) is 0.231. The zero-order valence-electron chi connectivity index (χ0n) is 18.1. The van der Waals surface area contributed by atoms with E-state index in [1.807, 2.05) is 71.3 Å². The number of fused-ring (bicyclic) bond motifs is 4. The fourth-order valence-corrected chi connectivity index (χ4v) is 7.91. The van der Waals surface area contributed by atoms with E-state index >= 15 is 0 Å². The highest BCUT2D eigenvalue weighted by Crippen LogP contribution is 2.67. The number of benzene rings is 3. The number of hydrogen-bond donors (Lipinski definition) is 0. The average Bonchev–Trinajstić information content (AvgIpc) is 3.42. The van der Waals surface area contributed by atoms with E-state index in [0.29, 0.717) is 6.54 Å². The van der Waals surface area contributed by atoms with E-state index in [0.717, 1.165) is 10.7 Å². The highest BCUT2D eigenvalue weighted by Gasteiger charge is 2.78. The van der Waals surface area contributed by atoms with E-state index in [1.165, 1.54) is 10.6 Å². The minimum Gasteiger partial charge on any atom is -0.367 e. The molecule has 3 aromatic carbocycles. The van der Waals surface area contributed by atoms with Crippen LogP contribution in [0, 0.1) is 0 Å². The van der Waals surface area contributed by atoms with Gasteiger partial charge in [0.25, 0.3) is 0 Å². The maximum Gasteiger partial charge on any atom is 0.248 e. The summed E-state index contributed by atoms with van der Waals surface area (Å²) in [6.07, 6.45) is 0. The average molecular weight is 460 g/mol. The molecule has 6 heteroatoms. The minimum absolute atomic E-state index is 0.203. The van der Waals surface area contributed by atoms with E-state index in [1.54, 1.807) is 18.8 Å². The molecule has 3 aromatic rings. The molecular formula is C26H25N3OS2. The van der Waals surface area contributed by atoms with E-state index in [4.69, 9.17) is 0 Å². The van der Waals surface area contributed by atoms with Gasteiger partial charge in [0.2, 0.25) is 5.91 Å². The molecule has 0 radical (unpaired) electrons. The van der Waals surface area contributed by atoms with Crippen LogP contribution in [0.25, 0.3) is 0 Å². The quantitative estimate of drug-likeness (QED) is 0.530. The van der Waals surface area contributed by atoms with Crippen LogP contribution in [0.5, 0.6) is 0 Å². The molecule has 2 fully saturated rings. The molecule has 0 N–H and O–H groups in total. The Labute approximate surface area is 197 Å². The van der Waals surface area contributed by atoms with Gasteiger partial charge in [-0.15, -0.1) is 11.8 Å². The van der Waals surface area contributed by atoms with Crippen molar-refractivity contribution in [3.8, 4) is 0 Å². The molecule has 1 saturated carbocycles. The number of nitrogens with zero attached hydrogens (tertiary/aromatic N) is 3. The summed E-state index contributed by atoms with van der Waals surface area (Å²) in [4.78, 5) is 23.4. The number of anilines is 1.